The molecule has 22 heavy (non-hydrogen) atoms. The Morgan fingerprint density at radius 2 is 1.91 bits per heavy atom. The van der Waals surface area contributed by atoms with Gasteiger partial charge in [-0.1, -0.05) is 11.6 Å². The highest BCUT2D eigenvalue weighted by molar-refractivity contribution is 7.91. The molecule has 1 aromatic carbocycles. The molecule has 120 valence electrons. The number of carbonyl (C=O) groups is 2. The fraction of sp³-hybridized carbons (Fsp3) is 0.385. The third-order valence-electron chi connectivity index (χ3n) is 3.11. The van der Waals surface area contributed by atoms with Crippen LogP contribution in [-0.2, 0) is 14.6 Å². The second-order valence-electron chi connectivity index (χ2n) is 4.98. The lowest BCUT2D eigenvalue weighted by molar-refractivity contribution is -0.115. The number of rotatable bonds is 4. The molecule has 2 rings (SSSR count). The zero-order valence-electron chi connectivity index (χ0n) is 11.6. The van der Waals surface area contributed by atoms with Gasteiger partial charge in [0.05, 0.1) is 18.1 Å². The molecular weight excluding hydrogens is 330 g/mol. The number of halogens is 1. The van der Waals surface area contributed by atoms with E-state index in [0.717, 1.165) is 0 Å². The number of hydrogen-bond donors (Lipinski definition) is 3. The highest BCUT2D eigenvalue weighted by Crippen LogP contribution is 2.13. The van der Waals surface area contributed by atoms with Crippen LogP contribution in [-0.4, -0.2) is 44.4 Å². The maximum atomic E-state index is 11.7. The quantitative estimate of drug-likeness (QED) is 0.749. The third-order valence-corrected chi connectivity index (χ3v) is 5.13. The van der Waals surface area contributed by atoms with Crippen LogP contribution in [0.5, 0.6) is 0 Å². The van der Waals surface area contributed by atoms with Crippen LogP contribution in [0, 0.1) is 0 Å². The highest BCUT2D eigenvalue weighted by atomic mass is 35.5. The van der Waals surface area contributed by atoms with Crippen LogP contribution in [0.25, 0.3) is 0 Å². The molecule has 1 fully saturated rings. The summed E-state index contributed by atoms with van der Waals surface area (Å²) < 4.78 is 22.5. The molecule has 1 atom stereocenters. The van der Waals surface area contributed by atoms with Gasteiger partial charge in [-0.15, -0.1) is 0 Å². The van der Waals surface area contributed by atoms with E-state index in [4.69, 9.17) is 11.6 Å². The summed E-state index contributed by atoms with van der Waals surface area (Å²) in [4.78, 5) is 23.3. The monoisotopic (exact) mass is 345 g/mol. The molecule has 0 spiro atoms. The van der Waals surface area contributed by atoms with Crippen LogP contribution in [0.15, 0.2) is 24.3 Å². The second-order valence-corrected chi connectivity index (χ2v) is 7.65. The minimum Gasteiger partial charge on any atom is -0.334 e. The molecule has 0 unspecified atom stereocenters. The summed E-state index contributed by atoms with van der Waals surface area (Å²) >= 11 is 5.73. The Morgan fingerprint density at radius 3 is 2.50 bits per heavy atom. The van der Waals surface area contributed by atoms with Gasteiger partial charge in [-0.3, -0.25) is 4.79 Å². The topological polar surface area (TPSA) is 104 Å². The van der Waals surface area contributed by atoms with Gasteiger partial charge in [0.15, 0.2) is 9.84 Å². The number of urea groups is 1. The average molecular weight is 346 g/mol. The van der Waals surface area contributed by atoms with Gasteiger partial charge in [-0.05, 0) is 30.7 Å². The zero-order chi connectivity index (χ0) is 16.2. The molecular formula is C13H16ClN3O4S. The number of carbonyl (C=O) groups excluding carboxylic acids is 2. The molecule has 1 aliphatic heterocycles. The Bertz CT molecular complexity index is 660. The fourth-order valence-electron chi connectivity index (χ4n) is 2.04. The van der Waals surface area contributed by atoms with E-state index in [1.165, 1.54) is 0 Å². The Labute approximate surface area is 133 Å². The summed E-state index contributed by atoms with van der Waals surface area (Å²) in [6.07, 6.45) is 0.396. The third kappa shape index (κ3) is 5.19. The van der Waals surface area contributed by atoms with Crippen molar-refractivity contribution in [1.82, 2.24) is 10.6 Å². The van der Waals surface area contributed by atoms with Gasteiger partial charge in [-0.2, -0.15) is 0 Å². The lowest BCUT2D eigenvalue weighted by atomic mass is 10.3. The Morgan fingerprint density at radius 1 is 1.23 bits per heavy atom. The highest BCUT2D eigenvalue weighted by Gasteiger charge is 2.28. The van der Waals surface area contributed by atoms with E-state index in [1.54, 1.807) is 24.3 Å². The van der Waals surface area contributed by atoms with Crippen LogP contribution in [0.1, 0.15) is 6.42 Å². The molecule has 0 saturated carbocycles. The minimum absolute atomic E-state index is 0.0581. The van der Waals surface area contributed by atoms with Crippen LogP contribution >= 0.6 is 11.6 Å². The van der Waals surface area contributed by atoms with Gasteiger partial charge in [0, 0.05) is 16.8 Å². The lowest BCUT2D eigenvalue weighted by Crippen LogP contribution is -2.45. The van der Waals surface area contributed by atoms with Crippen LogP contribution < -0.4 is 16.0 Å². The Kier molecular flexibility index (Phi) is 5.25. The van der Waals surface area contributed by atoms with Crippen molar-refractivity contribution in [3.63, 3.8) is 0 Å². The predicted molar refractivity (Wildman–Crippen MR) is 83.7 cm³/mol. The molecule has 0 bridgehead atoms. The largest absolute Gasteiger partial charge is 0.334 e. The first kappa shape index (κ1) is 16.6. The van der Waals surface area contributed by atoms with Gasteiger partial charge in [-0.25, -0.2) is 13.2 Å². The van der Waals surface area contributed by atoms with Gasteiger partial charge in [0.1, 0.15) is 0 Å². The fourth-order valence-corrected chi connectivity index (χ4v) is 3.84. The number of hydrogen-bond acceptors (Lipinski definition) is 4. The van der Waals surface area contributed by atoms with Crippen LogP contribution in [0.2, 0.25) is 5.02 Å². The molecule has 3 N–H and O–H groups in total. The van der Waals surface area contributed by atoms with Crippen molar-refractivity contribution in [3.05, 3.63) is 29.3 Å². The van der Waals surface area contributed by atoms with Gasteiger partial charge in [0.25, 0.3) is 0 Å². The SMILES string of the molecule is O=C(CNC(=O)N[C@H]1CCS(=O)(=O)C1)Nc1ccc(Cl)cc1. The summed E-state index contributed by atoms with van der Waals surface area (Å²) in [6.45, 7) is -0.214. The molecule has 9 heteroatoms. The van der Waals surface area contributed by atoms with Crippen molar-refractivity contribution in [2.24, 2.45) is 0 Å². The number of benzene rings is 1. The Hall–Kier alpha value is -1.80. The first-order chi connectivity index (χ1) is 10.3. The number of sulfone groups is 1. The molecule has 3 amide bonds. The summed E-state index contributed by atoms with van der Waals surface area (Å²) in [7, 11) is -3.05. The van der Waals surface area contributed by atoms with Crippen molar-refractivity contribution in [3.8, 4) is 0 Å². The van der Waals surface area contributed by atoms with Crippen LogP contribution in [0.3, 0.4) is 0 Å². The van der Waals surface area contributed by atoms with Crippen molar-refractivity contribution in [1.29, 1.82) is 0 Å². The van der Waals surface area contributed by atoms with Crippen molar-refractivity contribution in [2.45, 2.75) is 12.5 Å². The minimum atomic E-state index is -3.05. The lowest BCUT2D eigenvalue weighted by Gasteiger charge is -2.12. The van der Waals surface area contributed by atoms with Crippen molar-refractivity contribution >= 4 is 39.1 Å². The smallest absolute Gasteiger partial charge is 0.315 e. The maximum absolute atomic E-state index is 11.7. The first-order valence-electron chi connectivity index (χ1n) is 6.64. The number of anilines is 1. The standard InChI is InChI=1S/C13H16ClN3O4S/c14-9-1-3-10(4-2-9)16-12(18)7-15-13(19)17-11-5-6-22(20,21)8-11/h1-4,11H,5-8H2,(H,16,18)(H2,15,17,19)/t11-/m0/s1. The first-order valence-corrected chi connectivity index (χ1v) is 8.84. The summed E-state index contributed by atoms with van der Waals surface area (Å²) in [6, 6.07) is 5.60. The summed E-state index contributed by atoms with van der Waals surface area (Å²) in [5.74, 6) is -0.372. The predicted octanol–water partition coefficient (Wildman–Crippen LogP) is 0.765. The molecule has 0 aliphatic carbocycles. The molecule has 1 saturated heterocycles. The van der Waals surface area contributed by atoms with E-state index in [1.807, 2.05) is 0 Å². The number of amides is 3. The van der Waals surface area contributed by atoms with Crippen LogP contribution in [0.4, 0.5) is 10.5 Å². The van der Waals surface area contributed by atoms with E-state index in [2.05, 4.69) is 16.0 Å². The zero-order valence-corrected chi connectivity index (χ0v) is 13.2. The molecule has 1 heterocycles. The van der Waals surface area contributed by atoms with Gasteiger partial charge >= 0.3 is 6.03 Å². The summed E-state index contributed by atoms with van der Waals surface area (Å²) in [5, 5.41) is 8.07. The normalized spacial score (nSPS) is 19.4. The molecule has 1 aliphatic rings. The van der Waals surface area contributed by atoms with Crippen molar-refractivity contribution in [2.75, 3.05) is 23.4 Å². The summed E-state index contributed by atoms with van der Waals surface area (Å²) in [5.41, 5.74) is 0.568. The molecule has 1 aromatic rings. The maximum Gasteiger partial charge on any atom is 0.315 e. The van der Waals surface area contributed by atoms with Gasteiger partial charge < -0.3 is 16.0 Å². The molecule has 7 nitrogen and oxygen atoms in total. The number of nitrogens with one attached hydrogen (secondary N) is 3. The second kappa shape index (κ2) is 6.97. The Balaban J connectivity index is 1.72. The van der Waals surface area contributed by atoms with E-state index >= 15 is 0 Å². The molecule has 0 radical (unpaired) electrons. The van der Waals surface area contributed by atoms with E-state index in [-0.39, 0.29) is 18.1 Å². The van der Waals surface area contributed by atoms with Gasteiger partial charge in [0.2, 0.25) is 5.91 Å². The van der Waals surface area contributed by atoms with E-state index in [0.29, 0.717) is 17.1 Å². The van der Waals surface area contributed by atoms with E-state index in [9.17, 15) is 18.0 Å². The average Bonchev–Trinajstić information content (AvgIpc) is 2.78. The van der Waals surface area contributed by atoms with E-state index < -0.39 is 27.8 Å². The van der Waals surface area contributed by atoms with Crippen molar-refractivity contribution < 1.29 is 18.0 Å². The molecule has 0 aromatic heterocycles.